The summed E-state index contributed by atoms with van der Waals surface area (Å²) in [6, 6.07) is 0. The number of carboxylic acid groups (broad SMARTS) is 1. The number of unbranched alkanes of at least 4 members (excludes halogenated alkanes) is 24. The van der Waals surface area contributed by atoms with Gasteiger partial charge in [-0.1, -0.05) is 161 Å². The molecule has 182 valence electrons. The van der Waals surface area contributed by atoms with E-state index >= 15 is 0 Å². The minimum Gasteiger partial charge on any atom is -0.481 e. The number of hydrogen-bond acceptors (Lipinski definition) is 1. The molecule has 2 radical (unpaired) electrons. The Morgan fingerprint density at radius 2 is 0.613 bits per heavy atom. The van der Waals surface area contributed by atoms with E-state index in [-0.39, 0.29) is 37.7 Å². The monoisotopic (exact) mass is 464 g/mol. The van der Waals surface area contributed by atoms with Gasteiger partial charge in [0.25, 0.3) is 0 Å². The van der Waals surface area contributed by atoms with Crippen LogP contribution in [0.1, 0.15) is 174 Å². The third-order valence-corrected chi connectivity index (χ3v) is 6.49. The van der Waals surface area contributed by atoms with Crippen LogP contribution in [0.2, 0.25) is 0 Å². The van der Waals surface area contributed by atoms with Crippen molar-refractivity contribution in [2.24, 2.45) is 0 Å². The number of aliphatic carboxylic acids is 1. The number of carboxylic acids is 1. The van der Waals surface area contributed by atoms with Gasteiger partial charge in [-0.25, -0.2) is 0 Å². The van der Waals surface area contributed by atoms with Crippen LogP contribution in [0.3, 0.4) is 0 Å². The summed E-state index contributed by atoms with van der Waals surface area (Å²) in [5, 5.41) is 8.60. The average Bonchev–Trinajstić information content (AvgIpc) is 2.73. The van der Waals surface area contributed by atoms with Crippen molar-refractivity contribution in [1.82, 2.24) is 0 Å². The number of hydrogen-bond donors (Lipinski definition) is 1. The average molecular weight is 465 g/mol. The van der Waals surface area contributed by atoms with Crippen molar-refractivity contribution in [2.75, 3.05) is 0 Å². The van der Waals surface area contributed by atoms with Crippen molar-refractivity contribution in [3.8, 4) is 0 Å². The van der Waals surface area contributed by atoms with E-state index < -0.39 is 5.97 Å². The van der Waals surface area contributed by atoms with Gasteiger partial charge in [-0.15, -0.1) is 0 Å². The summed E-state index contributed by atoms with van der Waals surface area (Å²) >= 11 is 0. The molecule has 0 unspecified atom stereocenters. The molecular formula is C28H56CaO2. The summed E-state index contributed by atoms with van der Waals surface area (Å²) in [6.07, 6.45) is 35.0. The minimum absolute atomic E-state index is 0. The third kappa shape index (κ3) is 33.0. The van der Waals surface area contributed by atoms with Crippen molar-refractivity contribution in [3.63, 3.8) is 0 Å². The van der Waals surface area contributed by atoms with Crippen LogP contribution in [0, 0.1) is 0 Å². The predicted molar refractivity (Wildman–Crippen MR) is 139 cm³/mol. The van der Waals surface area contributed by atoms with Crippen LogP contribution in [0.15, 0.2) is 0 Å². The van der Waals surface area contributed by atoms with E-state index in [0.29, 0.717) is 6.42 Å². The van der Waals surface area contributed by atoms with E-state index in [1.165, 1.54) is 148 Å². The molecule has 0 bridgehead atoms. The molecular weight excluding hydrogens is 408 g/mol. The van der Waals surface area contributed by atoms with Crippen LogP contribution in [0.5, 0.6) is 0 Å². The molecule has 0 aliphatic heterocycles. The second-order valence-corrected chi connectivity index (χ2v) is 9.63. The largest absolute Gasteiger partial charge is 0.481 e. The summed E-state index contributed by atoms with van der Waals surface area (Å²) in [4.78, 5) is 10.4. The Morgan fingerprint density at radius 3 is 0.806 bits per heavy atom. The standard InChI is InChI=1S/C28H56O2.Ca/c1-2-3-4-5-6-7-8-9-10-11-12-13-14-15-16-17-18-19-20-21-22-23-24-25-26-27-28(29)30;/h2-27H2,1H3,(H,29,30);. The van der Waals surface area contributed by atoms with Gasteiger partial charge in [0.05, 0.1) is 0 Å². The van der Waals surface area contributed by atoms with Crippen molar-refractivity contribution < 1.29 is 9.90 Å². The minimum atomic E-state index is -0.649. The zero-order chi connectivity index (χ0) is 22.0. The predicted octanol–water partition coefficient (Wildman–Crippen LogP) is 9.85. The molecule has 0 aromatic heterocycles. The molecule has 0 saturated heterocycles. The zero-order valence-corrected chi connectivity index (χ0v) is 23.7. The van der Waals surface area contributed by atoms with Gasteiger partial charge in [-0.3, -0.25) is 4.79 Å². The Balaban J connectivity index is 0. The molecule has 0 spiro atoms. The molecule has 0 aromatic rings. The molecule has 0 amide bonds. The zero-order valence-electron chi connectivity index (χ0n) is 21.4. The Morgan fingerprint density at radius 1 is 0.419 bits per heavy atom. The van der Waals surface area contributed by atoms with Crippen molar-refractivity contribution >= 4 is 43.7 Å². The summed E-state index contributed by atoms with van der Waals surface area (Å²) in [5.74, 6) is -0.649. The number of rotatable bonds is 26. The summed E-state index contributed by atoms with van der Waals surface area (Å²) in [6.45, 7) is 2.29. The fourth-order valence-corrected chi connectivity index (χ4v) is 4.42. The van der Waals surface area contributed by atoms with E-state index in [0.717, 1.165) is 12.8 Å². The molecule has 31 heavy (non-hydrogen) atoms. The topological polar surface area (TPSA) is 37.3 Å². The maximum atomic E-state index is 10.4. The van der Waals surface area contributed by atoms with Gasteiger partial charge in [0.15, 0.2) is 0 Å². The quantitative estimate of drug-likeness (QED) is 0.102. The Labute approximate surface area is 226 Å². The molecule has 0 heterocycles. The van der Waals surface area contributed by atoms with Crippen LogP contribution >= 0.6 is 0 Å². The van der Waals surface area contributed by atoms with Gasteiger partial charge in [-0.2, -0.15) is 0 Å². The molecule has 0 fully saturated rings. The molecule has 0 saturated carbocycles. The fraction of sp³-hybridized carbons (Fsp3) is 0.964. The number of carbonyl (C=O) groups is 1. The SMILES string of the molecule is CCCCCCCCCCCCCCCCCCCCCCCCCCCC(=O)O.[Ca]. The first-order chi connectivity index (χ1) is 14.8. The summed E-state index contributed by atoms with van der Waals surface area (Å²) in [7, 11) is 0. The molecule has 1 N–H and O–H groups in total. The molecule has 3 heteroatoms. The van der Waals surface area contributed by atoms with Gasteiger partial charge in [0, 0.05) is 44.2 Å². The second kappa shape index (κ2) is 30.7. The summed E-state index contributed by atoms with van der Waals surface area (Å²) < 4.78 is 0. The maximum Gasteiger partial charge on any atom is 0.303 e. The molecule has 0 aliphatic carbocycles. The molecule has 2 nitrogen and oxygen atoms in total. The first-order valence-corrected chi connectivity index (χ1v) is 14.0. The fourth-order valence-electron chi connectivity index (χ4n) is 4.42. The van der Waals surface area contributed by atoms with Gasteiger partial charge >= 0.3 is 5.97 Å². The van der Waals surface area contributed by atoms with Gasteiger partial charge in [0.1, 0.15) is 0 Å². The second-order valence-electron chi connectivity index (χ2n) is 9.63. The van der Waals surface area contributed by atoms with Crippen molar-refractivity contribution in [1.29, 1.82) is 0 Å². The Kier molecular flexibility index (Phi) is 33.6. The van der Waals surface area contributed by atoms with Crippen LogP contribution in [-0.4, -0.2) is 48.8 Å². The van der Waals surface area contributed by atoms with Crippen molar-refractivity contribution in [3.05, 3.63) is 0 Å². The smallest absolute Gasteiger partial charge is 0.303 e. The van der Waals surface area contributed by atoms with E-state index in [1.807, 2.05) is 0 Å². The third-order valence-electron chi connectivity index (χ3n) is 6.49. The van der Waals surface area contributed by atoms with E-state index in [9.17, 15) is 4.79 Å². The molecule has 0 aromatic carbocycles. The van der Waals surface area contributed by atoms with Crippen LogP contribution in [0.4, 0.5) is 0 Å². The van der Waals surface area contributed by atoms with E-state index in [1.54, 1.807) is 0 Å². The van der Waals surface area contributed by atoms with Crippen LogP contribution in [-0.2, 0) is 4.79 Å². The van der Waals surface area contributed by atoms with Gasteiger partial charge in [0.2, 0.25) is 0 Å². The van der Waals surface area contributed by atoms with E-state index in [2.05, 4.69) is 6.92 Å². The van der Waals surface area contributed by atoms with Gasteiger partial charge in [-0.05, 0) is 6.42 Å². The first-order valence-electron chi connectivity index (χ1n) is 14.0. The Bertz CT molecular complexity index is 333. The maximum absolute atomic E-state index is 10.4. The van der Waals surface area contributed by atoms with Crippen LogP contribution < -0.4 is 0 Å². The van der Waals surface area contributed by atoms with Gasteiger partial charge < -0.3 is 5.11 Å². The normalized spacial score (nSPS) is 10.9. The molecule has 0 atom stereocenters. The molecule has 0 aliphatic rings. The van der Waals surface area contributed by atoms with Crippen molar-refractivity contribution in [2.45, 2.75) is 174 Å². The van der Waals surface area contributed by atoms with E-state index in [4.69, 9.17) is 5.11 Å². The first kappa shape index (κ1) is 33.9. The summed E-state index contributed by atoms with van der Waals surface area (Å²) in [5.41, 5.74) is 0. The Hall–Kier alpha value is 0.730. The molecule has 0 rings (SSSR count). The van der Waals surface area contributed by atoms with Crippen LogP contribution in [0.25, 0.3) is 0 Å².